The van der Waals surface area contributed by atoms with Crippen LogP contribution in [0.3, 0.4) is 0 Å². The summed E-state index contributed by atoms with van der Waals surface area (Å²) < 4.78 is 0. The molecule has 0 radical (unpaired) electrons. The van der Waals surface area contributed by atoms with Crippen LogP contribution >= 0.6 is 0 Å². The van der Waals surface area contributed by atoms with Crippen LogP contribution in [0.2, 0.25) is 0 Å². The van der Waals surface area contributed by atoms with Crippen molar-refractivity contribution >= 4 is 5.91 Å². The second-order valence-corrected chi connectivity index (χ2v) is 5.91. The average molecular weight is 260 g/mol. The number of nitrogens with one attached hydrogen (secondary N) is 1. The second kappa shape index (κ2) is 5.74. The second-order valence-electron chi connectivity index (χ2n) is 5.91. The molecule has 0 spiro atoms. The Bertz CT molecular complexity index is 432. The van der Waals surface area contributed by atoms with Crippen molar-refractivity contribution in [3.63, 3.8) is 0 Å². The number of nitrogens with two attached hydrogens (primary N) is 1. The molecular formula is C16H24N2O. The predicted molar refractivity (Wildman–Crippen MR) is 77.5 cm³/mol. The minimum Gasteiger partial charge on any atom is -0.345 e. The van der Waals surface area contributed by atoms with Crippen LogP contribution in [-0.4, -0.2) is 12.5 Å². The highest BCUT2D eigenvalue weighted by Gasteiger charge is 2.34. The number of carbonyl (C=O) groups is 1. The molecule has 3 heteroatoms. The van der Waals surface area contributed by atoms with Crippen LogP contribution in [0.5, 0.6) is 0 Å². The highest BCUT2D eigenvalue weighted by Crippen LogP contribution is 2.32. The lowest BCUT2D eigenvalue weighted by molar-refractivity contribution is -0.127. The van der Waals surface area contributed by atoms with E-state index >= 15 is 0 Å². The molecule has 1 aliphatic carbocycles. The summed E-state index contributed by atoms with van der Waals surface area (Å²) in [5.74, 6) is 0.786. The summed E-state index contributed by atoms with van der Waals surface area (Å²) in [7, 11) is 0. The van der Waals surface area contributed by atoms with Crippen molar-refractivity contribution in [1.82, 2.24) is 5.32 Å². The van der Waals surface area contributed by atoms with E-state index in [1.807, 2.05) is 37.3 Å². The number of benzene rings is 1. The Kier molecular flexibility index (Phi) is 4.25. The van der Waals surface area contributed by atoms with Gasteiger partial charge in [-0.3, -0.25) is 4.79 Å². The summed E-state index contributed by atoms with van der Waals surface area (Å²) in [5.41, 5.74) is 6.50. The lowest BCUT2D eigenvalue weighted by Gasteiger charge is -2.32. The Morgan fingerprint density at radius 1 is 1.37 bits per heavy atom. The topological polar surface area (TPSA) is 55.1 Å². The maximum atomic E-state index is 12.4. The first kappa shape index (κ1) is 14.1. The molecule has 1 amide bonds. The maximum Gasteiger partial charge on any atom is 0.224 e. The van der Waals surface area contributed by atoms with E-state index in [4.69, 9.17) is 5.73 Å². The fourth-order valence-electron chi connectivity index (χ4n) is 2.95. The molecule has 0 aliphatic heterocycles. The smallest absolute Gasteiger partial charge is 0.224 e. The number of carbonyl (C=O) groups excluding carboxylic acids is 1. The van der Waals surface area contributed by atoms with Gasteiger partial charge in [-0.25, -0.2) is 0 Å². The first-order valence-corrected chi connectivity index (χ1v) is 7.14. The van der Waals surface area contributed by atoms with Gasteiger partial charge in [-0.2, -0.15) is 0 Å². The fraction of sp³-hybridized carbons (Fsp3) is 0.562. The van der Waals surface area contributed by atoms with Crippen LogP contribution in [-0.2, 0) is 10.3 Å². The molecule has 1 fully saturated rings. The maximum absolute atomic E-state index is 12.4. The Morgan fingerprint density at radius 3 is 2.58 bits per heavy atom. The summed E-state index contributed by atoms with van der Waals surface area (Å²) in [6.07, 6.45) is 3.31. The molecule has 3 unspecified atom stereocenters. The summed E-state index contributed by atoms with van der Waals surface area (Å²) in [4.78, 5) is 12.4. The van der Waals surface area contributed by atoms with Gasteiger partial charge in [0.25, 0.3) is 0 Å². The van der Waals surface area contributed by atoms with E-state index in [2.05, 4.69) is 12.2 Å². The van der Waals surface area contributed by atoms with E-state index in [1.165, 1.54) is 0 Å². The lowest BCUT2D eigenvalue weighted by Crippen LogP contribution is -2.51. The van der Waals surface area contributed by atoms with Crippen LogP contribution in [0.15, 0.2) is 30.3 Å². The molecule has 3 N–H and O–H groups in total. The van der Waals surface area contributed by atoms with E-state index in [0.29, 0.717) is 12.5 Å². The minimum absolute atomic E-state index is 0.148. The number of rotatable bonds is 4. The summed E-state index contributed by atoms with van der Waals surface area (Å²) in [6, 6.07) is 9.97. The molecule has 2 rings (SSSR count). The van der Waals surface area contributed by atoms with E-state index in [-0.39, 0.29) is 11.8 Å². The molecule has 19 heavy (non-hydrogen) atoms. The van der Waals surface area contributed by atoms with Crippen LogP contribution in [0.25, 0.3) is 0 Å². The number of hydrogen-bond donors (Lipinski definition) is 2. The van der Waals surface area contributed by atoms with Crippen LogP contribution in [0.1, 0.15) is 38.7 Å². The zero-order valence-corrected chi connectivity index (χ0v) is 11.9. The van der Waals surface area contributed by atoms with Gasteiger partial charge in [0, 0.05) is 12.5 Å². The van der Waals surface area contributed by atoms with Crippen LogP contribution in [0, 0.1) is 11.8 Å². The zero-order valence-electron chi connectivity index (χ0n) is 11.9. The summed E-state index contributed by atoms with van der Waals surface area (Å²) >= 11 is 0. The first-order valence-electron chi connectivity index (χ1n) is 7.14. The van der Waals surface area contributed by atoms with Gasteiger partial charge in [-0.1, -0.05) is 43.7 Å². The molecule has 1 aliphatic rings. The van der Waals surface area contributed by atoms with Crippen LogP contribution in [0.4, 0.5) is 0 Å². The van der Waals surface area contributed by atoms with Crippen molar-refractivity contribution in [2.45, 2.75) is 38.6 Å². The first-order chi connectivity index (χ1) is 9.07. The fourth-order valence-corrected chi connectivity index (χ4v) is 2.95. The van der Waals surface area contributed by atoms with Gasteiger partial charge in [0.05, 0.1) is 5.54 Å². The molecule has 1 aromatic carbocycles. The third kappa shape index (κ3) is 2.98. The molecule has 0 aromatic heterocycles. The Balaban J connectivity index is 2.12. The normalized spacial score (nSPS) is 25.8. The molecule has 3 atom stereocenters. The average Bonchev–Trinajstić information content (AvgIpc) is 2.86. The van der Waals surface area contributed by atoms with Gasteiger partial charge in [0.2, 0.25) is 5.91 Å². The quantitative estimate of drug-likeness (QED) is 0.873. The van der Waals surface area contributed by atoms with Gasteiger partial charge in [0.1, 0.15) is 0 Å². The Hall–Kier alpha value is -1.35. The zero-order chi connectivity index (χ0) is 13.9. The summed E-state index contributed by atoms with van der Waals surface area (Å²) in [6.45, 7) is 4.57. The van der Waals surface area contributed by atoms with Crippen molar-refractivity contribution < 1.29 is 4.79 Å². The predicted octanol–water partition coefficient (Wildman–Crippen LogP) is 2.41. The molecular weight excluding hydrogens is 236 g/mol. The van der Waals surface area contributed by atoms with Crippen molar-refractivity contribution in [2.24, 2.45) is 17.6 Å². The van der Waals surface area contributed by atoms with Gasteiger partial charge in [0.15, 0.2) is 0 Å². The SMILES string of the molecule is CC1CCCC1C(=O)NC(C)(CN)c1ccccc1. The third-order valence-electron chi connectivity index (χ3n) is 4.42. The largest absolute Gasteiger partial charge is 0.345 e. The van der Waals surface area contributed by atoms with Crippen molar-refractivity contribution in [3.05, 3.63) is 35.9 Å². The molecule has 1 saturated carbocycles. The van der Waals surface area contributed by atoms with Gasteiger partial charge < -0.3 is 11.1 Å². The van der Waals surface area contributed by atoms with Crippen molar-refractivity contribution in [3.8, 4) is 0 Å². The van der Waals surface area contributed by atoms with Gasteiger partial charge in [-0.15, -0.1) is 0 Å². The monoisotopic (exact) mass is 260 g/mol. The van der Waals surface area contributed by atoms with Crippen LogP contribution < -0.4 is 11.1 Å². The molecule has 0 heterocycles. The molecule has 1 aromatic rings. The molecule has 3 nitrogen and oxygen atoms in total. The van der Waals surface area contributed by atoms with Gasteiger partial charge in [-0.05, 0) is 31.2 Å². The summed E-state index contributed by atoms with van der Waals surface area (Å²) in [5, 5.41) is 3.17. The minimum atomic E-state index is -0.472. The molecule has 0 bridgehead atoms. The Morgan fingerprint density at radius 2 is 2.05 bits per heavy atom. The standard InChI is InChI=1S/C16H24N2O/c1-12-7-6-10-14(12)15(19)18-16(2,11-17)13-8-4-3-5-9-13/h3-5,8-9,12,14H,6-7,10-11,17H2,1-2H3,(H,18,19). The van der Waals surface area contributed by atoms with Crippen molar-refractivity contribution in [1.29, 1.82) is 0 Å². The third-order valence-corrected chi connectivity index (χ3v) is 4.42. The highest BCUT2D eigenvalue weighted by molar-refractivity contribution is 5.80. The molecule has 0 saturated heterocycles. The number of amides is 1. The van der Waals surface area contributed by atoms with E-state index < -0.39 is 5.54 Å². The highest BCUT2D eigenvalue weighted by atomic mass is 16.2. The number of hydrogen-bond acceptors (Lipinski definition) is 2. The van der Waals surface area contributed by atoms with Crippen molar-refractivity contribution in [2.75, 3.05) is 6.54 Å². The lowest BCUT2D eigenvalue weighted by atomic mass is 9.89. The molecule has 104 valence electrons. The van der Waals surface area contributed by atoms with E-state index in [1.54, 1.807) is 0 Å². The van der Waals surface area contributed by atoms with E-state index in [9.17, 15) is 4.79 Å². The Labute approximate surface area is 115 Å². The van der Waals surface area contributed by atoms with E-state index in [0.717, 1.165) is 24.8 Å². The van der Waals surface area contributed by atoms with Gasteiger partial charge >= 0.3 is 0 Å².